The number of carbonyl (C=O) groups excluding carboxylic acids is 3. The van der Waals surface area contributed by atoms with Gasteiger partial charge in [0.15, 0.2) is 5.65 Å². The van der Waals surface area contributed by atoms with E-state index in [4.69, 9.17) is 4.84 Å². The molecule has 2 N–H and O–H groups in total. The highest BCUT2D eigenvalue weighted by Crippen LogP contribution is 2.42. The third kappa shape index (κ3) is 7.63. The molecule has 3 heterocycles. The van der Waals surface area contributed by atoms with Gasteiger partial charge in [-0.05, 0) is 61.0 Å². The molecule has 0 unspecified atom stereocenters. The maximum Gasteiger partial charge on any atom is 0.493 e. The third-order valence-corrected chi connectivity index (χ3v) is 8.71. The molecule has 0 aliphatic carbocycles. The minimum absolute atomic E-state index is 0.0896. The van der Waals surface area contributed by atoms with Crippen molar-refractivity contribution in [2.24, 2.45) is 0 Å². The van der Waals surface area contributed by atoms with E-state index in [9.17, 15) is 27.6 Å². The number of nitrogens with zero attached hydrogens (tertiary/aromatic N) is 4. The molecule has 3 aromatic carbocycles. The zero-order valence-corrected chi connectivity index (χ0v) is 28.0. The molecule has 0 atom stereocenters. The van der Waals surface area contributed by atoms with E-state index in [1.165, 1.54) is 12.3 Å². The number of aryl methyl sites for hydroxylation is 1. The van der Waals surface area contributed by atoms with Gasteiger partial charge < -0.3 is 25.3 Å². The van der Waals surface area contributed by atoms with E-state index < -0.39 is 24.0 Å². The lowest BCUT2D eigenvalue weighted by molar-refractivity contribution is -0.199. The lowest BCUT2D eigenvalue weighted by atomic mass is 9.96. The standard InChI is InChI=1S/C38H35F3N6O4/c1-4-32(48)44-31-21-27(11-10-24(31)2)33-30-20-28(36(49)43-22-25-8-6-5-7-9-25)23-42-35(30)47(51-37(50)38(39,40)41)34(33)26-12-14-29(15-13-26)46-18-16-45(3)17-19-46/h4-15,20-21,23H,1,16-19,22H2,2-3H3,(H,43,49)(H,44,48). The van der Waals surface area contributed by atoms with Crippen molar-refractivity contribution in [1.29, 1.82) is 0 Å². The molecule has 1 aliphatic rings. The second-order valence-corrected chi connectivity index (χ2v) is 12.2. The Morgan fingerprint density at radius 3 is 2.29 bits per heavy atom. The first-order valence-electron chi connectivity index (χ1n) is 16.2. The van der Waals surface area contributed by atoms with E-state index in [1.807, 2.05) is 42.5 Å². The van der Waals surface area contributed by atoms with Gasteiger partial charge in [-0.15, -0.1) is 0 Å². The quantitative estimate of drug-likeness (QED) is 0.182. The van der Waals surface area contributed by atoms with Crippen LogP contribution in [0.3, 0.4) is 0 Å². The number of benzene rings is 3. The average molecular weight is 697 g/mol. The molecule has 262 valence electrons. The SMILES string of the molecule is C=CC(=O)Nc1cc(-c2c(-c3ccc(N4CCN(C)CC4)cc3)n(OC(=O)C(F)(F)F)c3ncc(C(=O)NCc4ccccc4)cc23)ccc1C. The molecule has 10 nitrogen and oxygen atoms in total. The van der Waals surface area contributed by atoms with Crippen LogP contribution in [0.2, 0.25) is 0 Å². The van der Waals surface area contributed by atoms with Crippen LogP contribution in [-0.4, -0.2) is 71.8 Å². The van der Waals surface area contributed by atoms with Crippen molar-refractivity contribution in [3.8, 4) is 22.4 Å². The molecule has 2 aromatic heterocycles. The summed E-state index contributed by atoms with van der Waals surface area (Å²) in [6.45, 7) is 8.86. The number of amides is 2. The molecule has 0 spiro atoms. The predicted molar refractivity (Wildman–Crippen MR) is 189 cm³/mol. The van der Waals surface area contributed by atoms with Gasteiger partial charge >= 0.3 is 12.1 Å². The Morgan fingerprint density at radius 2 is 1.63 bits per heavy atom. The van der Waals surface area contributed by atoms with Crippen molar-refractivity contribution in [1.82, 2.24) is 19.9 Å². The first kappa shape index (κ1) is 34.9. The Balaban J connectivity index is 1.54. The molecule has 2 amide bonds. The Hall–Kier alpha value is -5.95. The summed E-state index contributed by atoms with van der Waals surface area (Å²) in [6.07, 6.45) is -2.98. The van der Waals surface area contributed by atoms with Gasteiger partial charge in [0, 0.05) is 66.8 Å². The summed E-state index contributed by atoms with van der Waals surface area (Å²) >= 11 is 0. The van der Waals surface area contributed by atoms with Crippen molar-refractivity contribution in [3.63, 3.8) is 0 Å². The van der Waals surface area contributed by atoms with Crippen LogP contribution in [0.5, 0.6) is 0 Å². The number of hydrogen-bond acceptors (Lipinski definition) is 7. The first-order valence-corrected chi connectivity index (χ1v) is 16.2. The van der Waals surface area contributed by atoms with Gasteiger partial charge in [0.1, 0.15) is 0 Å². The summed E-state index contributed by atoms with van der Waals surface area (Å²) in [5, 5.41) is 5.84. The molecular weight excluding hydrogens is 661 g/mol. The highest BCUT2D eigenvalue weighted by atomic mass is 19.4. The minimum atomic E-state index is -5.32. The lowest BCUT2D eigenvalue weighted by Crippen LogP contribution is -2.44. The van der Waals surface area contributed by atoms with E-state index in [0.29, 0.717) is 27.9 Å². The predicted octanol–water partition coefficient (Wildman–Crippen LogP) is 6.00. The Kier molecular flexibility index (Phi) is 9.92. The molecule has 1 saturated heterocycles. The van der Waals surface area contributed by atoms with Crippen molar-refractivity contribution >= 4 is 40.2 Å². The van der Waals surface area contributed by atoms with Crippen LogP contribution >= 0.6 is 0 Å². The average Bonchev–Trinajstić information content (AvgIpc) is 3.44. The van der Waals surface area contributed by atoms with Crippen LogP contribution in [0.1, 0.15) is 21.5 Å². The van der Waals surface area contributed by atoms with Crippen LogP contribution in [-0.2, 0) is 16.1 Å². The number of hydrogen-bond donors (Lipinski definition) is 2. The number of rotatable bonds is 9. The zero-order valence-electron chi connectivity index (χ0n) is 28.0. The number of piperazine rings is 1. The molecule has 0 radical (unpaired) electrons. The Morgan fingerprint density at radius 1 is 0.941 bits per heavy atom. The fourth-order valence-corrected chi connectivity index (χ4v) is 5.91. The monoisotopic (exact) mass is 696 g/mol. The summed E-state index contributed by atoms with van der Waals surface area (Å²) in [5.41, 5.74) is 4.20. The second-order valence-electron chi connectivity index (χ2n) is 12.2. The number of halogens is 3. The largest absolute Gasteiger partial charge is 0.493 e. The number of alkyl halides is 3. The topological polar surface area (TPSA) is 109 Å². The van der Waals surface area contributed by atoms with E-state index in [2.05, 4.69) is 39.0 Å². The van der Waals surface area contributed by atoms with Crippen molar-refractivity contribution in [2.75, 3.05) is 43.4 Å². The van der Waals surface area contributed by atoms with E-state index in [1.54, 1.807) is 37.3 Å². The number of anilines is 2. The van der Waals surface area contributed by atoms with Gasteiger partial charge in [0.05, 0.1) is 11.3 Å². The van der Waals surface area contributed by atoms with Gasteiger partial charge in [0.25, 0.3) is 5.91 Å². The Labute approximate surface area is 292 Å². The number of aromatic nitrogens is 2. The number of pyridine rings is 1. The summed E-state index contributed by atoms with van der Waals surface area (Å²) in [6, 6.07) is 23.1. The number of carbonyl (C=O) groups is 3. The normalized spacial score (nSPS) is 13.5. The smallest absolute Gasteiger partial charge is 0.369 e. The molecule has 5 aromatic rings. The first-order chi connectivity index (χ1) is 24.4. The highest BCUT2D eigenvalue weighted by molar-refractivity contribution is 6.07. The van der Waals surface area contributed by atoms with Crippen LogP contribution in [0.25, 0.3) is 33.4 Å². The van der Waals surface area contributed by atoms with Crippen LogP contribution < -0.4 is 20.4 Å². The zero-order chi connectivity index (χ0) is 36.3. The highest BCUT2D eigenvalue weighted by Gasteiger charge is 2.43. The van der Waals surface area contributed by atoms with Gasteiger partial charge in [-0.3, -0.25) is 9.59 Å². The summed E-state index contributed by atoms with van der Waals surface area (Å²) < 4.78 is 41.9. The molecule has 1 aliphatic heterocycles. The molecular formula is C38H35F3N6O4. The summed E-state index contributed by atoms with van der Waals surface area (Å²) in [4.78, 5) is 52.0. The van der Waals surface area contributed by atoms with Gasteiger partial charge in [0.2, 0.25) is 5.91 Å². The van der Waals surface area contributed by atoms with Crippen molar-refractivity contribution in [3.05, 3.63) is 114 Å². The number of likely N-dealkylation sites (N-methyl/N-ethyl adjacent to an activating group) is 1. The van der Waals surface area contributed by atoms with Gasteiger partial charge in [-0.1, -0.05) is 61.2 Å². The molecule has 0 saturated carbocycles. The van der Waals surface area contributed by atoms with Gasteiger partial charge in [-0.2, -0.15) is 17.9 Å². The lowest BCUT2D eigenvalue weighted by Gasteiger charge is -2.34. The third-order valence-electron chi connectivity index (χ3n) is 8.71. The fraction of sp³-hybridized carbons (Fsp3) is 0.211. The van der Waals surface area contributed by atoms with Crippen molar-refractivity contribution < 1.29 is 32.4 Å². The van der Waals surface area contributed by atoms with E-state index in [-0.39, 0.29) is 28.8 Å². The molecule has 51 heavy (non-hydrogen) atoms. The number of fused-ring (bicyclic) bond motifs is 1. The number of nitrogens with one attached hydrogen (secondary N) is 2. The van der Waals surface area contributed by atoms with Crippen LogP contribution in [0, 0.1) is 6.92 Å². The molecule has 6 rings (SSSR count). The minimum Gasteiger partial charge on any atom is -0.369 e. The summed E-state index contributed by atoms with van der Waals surface area (Å²) in [5.74, 6) is -3.38. The maximum absolute atomic E-state index is 13.7. The van der Waals surface area contributed by atoms with Gasteiger partial charge in [-0.25, -0.2) is 9.78 Å². The Bertz CT molecular complexity index is 2100. The molecule has 13 heteroatoms. The van der Waals surface area contributed by atoms with Crippen LogP contribution in [0.4, 0.5) is 24.5 Å². The van der Waals surface area contributed by atoms with E-state index >= 15 is 0 Å². The molecule has 0 bridgehead atoms. The molecule has 1 fully saturated rings. The van der Waals surface area contributed by atoms with E-state index in [0.717, 1.165) is 48.2 Å². The maximum atomic E-state index is 13.7. The summed E-state index contributed by atoms with van der Waals surface area (Å²) in [7, 11) is 2.05. The fourth-order valence-electron chi connectivity index (χ4n) is 5.91. The van der Waals surface area contributed by atoms with Crippen molar-refractivity contribution in [2.45, 2.75) is 19.6 Å². The van der Waals surface area contributed by atoms with Crippen LogP contribution in [0.15, 0.2) is 97.7 Å². The second kappa shape index (κ2) is 14.5.